The minimum absolute atomic E-state index is 0. The molecule has 0 fully saturated rings. The van der Waals surface area contributed by atoms with Crippen molar-refractivity contribution in [2.24, 2.45) is 12.0 Å². The predicted octanol–water partition coefficient (Wildman–Crippen LogP) is 1.39. The fourth-order valence-corrected chi connectivity index (χ4v) is 1.94. The third-order valence-corrected chi connectivity index (χ3v) is 2.99. The first-order valence-corrected chi connectivity index (χ1v) is 6.54. The summed E-state index contributed by atoms with van der Waals surface area (Å²) in [5.74, 6) is 3.30. The van der Waals surface area contributed by atoms with Gasteiger partial charge >= 0.3 is 0 Å². The SMILES string of the molecule is C#CCNC(=NCCc1c(C)nn(C)c1C)NCC.I. The molecule has 0 aliphatic heterocycles. The molecule has 0 aliphatic carbocycles. The Balaban J connectivity index is 0.00000361. The Bertz CT molecular complexity index is 484. The summed E-state index contributed by atoms with van der Waals surface area (Å²) in [5, 5.41) is 10.6. The lowest BCUT2D eigenvalue weighted by atomic mass is 10.1. The molecule has 1 heterocycles. The molecule has 0 saturated heterocycles. The highest BCUT2D eigenvalue weighted by Crippen LogP contribution is 2.12. The molecule has 2 N–H and O–H groups in total. The van der Waals surface area contributed by atoms with Gasteiger partial charge < -0.3 is 10.6 Å². The van der Waals surface area contributed by atoms with Crippen molar-refractivity contribution in [3.05, 3.63) is 17.0 Å². The van der Waals surface area contributed by atoms with Gasteiger partial charge in [0.05, 0.1) is 12.2 Å². The molecule has 0 aromatic carbocycles. The number of aliphatic imine (C=N–C) groups is 1. The van der Waals surface area contributed by atoms with Gasteiger partial charge in [-0.15, -0.1) is 30.4 Å². The molecule has 6 heteroatoms. The van der Waals surface area contributed by atoms with Crippen LogP contribution in [-0.2, 0) is 13.5 Å². The van der Waals surface area contributed by atoms with Crippen LogP contribution in [0.15, 0.2) is 4.99 Å². The van der Waals surface area contributed by atoms with E-state index in [0.717, 1.165) is 24.6 Å². The fraction of sp³-hybridized carbons (Fsp3) is 0.571. The van der Waals surface area contributed by atoms with Gasteiger partial charge in [0.1, 0.15) is 0 Å². The standard InChI is InChI=1S/C14H23N5.HI/c1-6-9-16-14(15-7-2)17-10-8-13-11(3)18-19(5)12(13)4;/h1H,7-10H2,2-5H3,(H2,15,16,17);1H. The molecule has 0 atom stereocenters. The molecule has 20 heavy (non-hydrogen) atoms. The van der Waals surface area contributed by atoms with Crippen molar-refractivity contribution >= 4 is 29.9 Å². The molecule has 1 aromatic rings. The van der Waals surface area contributed by atoms with Crippen LogP contribution in [-0.4, -0.2) is 35.4 Å². The zero-order valence-corrected chi connectivity index (χ0v) is 15.0. The third kappa shape index (κ3) is 5.41. The van der Waals surface area contributed by atoms with Gasteiger partial charge in [0.25, 0.3) is 0 Å². The number of guanidine groups is 1. The third-order valence-electron chi connectivity index (χ3n) is 2.99. The number of terminal acetylenes is 1. The van der Waals surface area contributed by atoms with Crippen LogP contribution in [0.3, 0.4) is 0 Å². The van der Waals surface area contributed by atoms with Crippen LogP contribution in [0.5, 0.6) is 0 Å². The van der Waals surface area contributed by atoms with E-state index in [-0.39, 0.29) is 24.0 Å². The van der Waals surface area contributed by atoms with Crippen LogP contribution >= 0.6 is 24.0 Å². The van der Waals surface area contributed by atoms with Crippen LogP contribution in [0.25, 0.3) is 0 Å². The minimum Gasteiger partial charge on any atom is -0.357 e. The molecular weight excluding hydrogens is 365 g/mol. The summed E-state index contributed by atoms with van der Waals surface area (Å²) in [6.45, 7) is 8.17. The van der Waals surface area contributed by atoms with Gasteiger partial charge in [-0.25, -0.2) is 0 Å². The molecule has 0 saturated carbocycles. The Morgan fingerprint density at radius 2 is 2.10 bits per heavy atom. The van der Waals surface area contributed by atoms with Crippen LogP contribution < -0.4 is 10.6 Å². The first-order chi connectivity index (χ1) is 9.10. The maximum Gasteiger partial charge on any atom is 0.192 e. The van der Waals surface area contributed by atoms with E-state index in [4.69, 9.17) is 6.42 Å². The van der Waals surface area contributed by atoms with E-state index in [0.29, 0.717) is 13.1 Å². The average Bonchev–Trinajstić information content (AvgIpc) is 2.62. The summed E-state index contributed by atoms with van der Waals surface area (Å²) in [4.78, 5) is 4.50. The molecule has 1 rings (SSSR count). The topological polar surface area (TPSA) is 54.2 Å². The van der Waals surface area contributed by atoms with Gasteiger partial charge in [-0.1, -0.05) is 5.92 Å². The number of halogens is 1. The summed E-state index contributed by atoms with van der Waals surface area (Å²) >= 11 is 0. The van der Waals surface area contributed by atoms with Gasteiger partial charge in [0.2, 0.25) is 0 Å². The van der Waals surface area contributed by atoms with Crippen molar-refractivity contribution in [2.75, 3.05) is 19.6 Å². The molecule has 0 spiro atoms. The smallest absolute Gasteiger partial charge is 0.192 e. The maximum absolute atomic E-state index is 5.23. The lowest BCUT2D eigenvalue weighted by Gasteiger charge is -2.08. The Morgan fingerprint density at radius 1 is 1.40 bits per heavy atom. The number of nitrogens with zero attached hydrogens (tertiary/aromatic N) is 3. The molecular formula is C14H24IN5. The first kappa shape index (κ1) is 18.8. The van der Waals surface area contributed by atoms with Crippen molar-refractivity contribution in [3.8, 4) is 12.3 Å². The van der Waals surface area contributed by atoms with Crippen LogP contribution in [0.4, 0.5) is 0 Å². The zero-order valence-electron chi connectivity index (χ0n) is 12.7. The number of nitrogens with one attached hydrogen (secondary N) is 2. The number of hydrogen-bond donors (Lipinski definition) is 2. The Kier molecular flexibility index (Phi) is 9.05. The normalized spacial score (nSPS) is 10.7. The first-order valence-electron chi connectivity index (χ1n) is 6.54. The van der Waals surface area contributed by atoms with Crippen molar-refractivity contribution in [1.82, 2.24) is 20.4 Å². The van der Waals surface area contributed by atoms with Gasteiger partial charge in [0.15, 0.2) is 5.96 Å². The molecule has 5 nitrogen and oxygen atoms in total. The largest absolute Gasteiger partial charge is 0.357 e. The lowest BCUT2D eigenvalue weighted by molar-refractivity contribution is 0.729. The number of aryl methyl sites for hydroxylation is 2. The van der Waals surface area contributed by atoms with Crippen LogP contribution in [0.1, 0.15) is 23.9 Å². The molecule has 112 valence electrons. The molecule has 0 radical (unpaired) electrons. The number of aromatic nitrogens is 2. The van der Waals surface area contributed by atoms with Crippen LogP contribution in [0, 0.1) is 26.2 Å². The Hall–Kier alpha value is -1.23. The Morgan fingerprint density at radius 3 is 2.60 bits per heavy atom. The zero-order chi connectivity index (χ0) is 14.3. The number of hydrogen-bond acceptors (Lipinski definition) is 2. The molecule has 0 bridgehead atoms. The van der Waals surface area contributed by atoms with E-state index >= 15 is 0 Å². The van der Waals surface area contributed by atoms with E-state index < -0.39 is 0 Å². The van der Waals surface area contributed by atoms with Crippen molar-refractivity contribution in [2.45, 2.75) is 27.2 Å². The highest BCUT2D eigenvalue weighted by molar-refractivity contribution is 14.0. The van der Waals surface area contributed by atoms with E-state index in [1.165, 1.54) is 11.3 Å². The van der Waals surface area contributed by atoms with E-state index in [9.17, 15) is 0 Å². The van der Waals surface area contributed by atoms with Crippen molar-refractivity contribution in [3.63, 3.8) is 0 Å². The predicted molar refractivity (Wildman–Crippen MR) is 94.6 cm³/mol. The van der Waals surface area contributed by atoms with Gasteiger partial charge in [-0.3, -0.25) is 9.67 Å². The highest BCUT2D eigenvalue weighted by atomic mass is 127. The van der Waals surface area contributed by atoms with E-state index in [1.54, 1.807) is 0 Å². The quantitative estimate of drug-likeness (QED) is 0.346. The average molecular weight is 389 g/mol. The minimum atomic E-state index is 0. The fourth-order valence-electron chi connectivity index (χ4n) is 1.94. The van der Waals surface area contributed by atoms with Gasteiger partial charge in [-0.2, -0.15) is 5.10 Å². The summed E-state index contributed by atoms with van der Waals surface area (Å²) in [6.07, 6.45) is 6.12. The molecule has 0 unspecified atom stereocenters. The summed E-state index contributed by atoms with van der Waals surface area (Å²) in [6, 6.07) is 0. The van der Waals surface area contributed by atoms with E-state index in [2.05, 4.69) is 33.6 Å². The Labute approximate surface area is 138 Å². The number of rotatable bonds is 5. The summed E-state index contributed by atoms with van der Waals surface area (Å²) < 4.78 is 1.91. The molecule has 1 aromatic heterocycles. The monoisotopic (exact) mass is 389 g/mol. The maximum atomic E-state index is 5.23. The second kappa shape index (κ2) is 9.64. The lowest BCUT2D eigenvalue weighted by Crippen LogP contribution is -2.37. The van der Waals surface area contributed by atoms with E-state index in [1.807, 2.05) is 25.6 Å². The summed E-state index contributed by atoms with van der Waals surface area (Å²) in [5.41, 5.74) is 3.56. The second-order valence-electron chi connectivity index (χ2n) is 4.34. The van der Waals surface area contributed by atoms with Crippen LogP contribution in [0.2, 0.25) is 0 Å². The molecule has 0 amide bonds. The molecule has 0 aliphatic rings. The second-order valence-corrected chi connectivity index (χ2v) is 4.34. The van der Waals surface area contributed by atoms with Gasteiger partial charge in [-0.05, 0) is 32.8 Å². The highest BCUT2D eigenvalue weighted by Gasteiger charge is 2.08. The van der Waals surface area contributed by atoms with Gasteiger partial charge in [0, 0.05) is 25.8 Å². The van der Waals surface area contributed by atoms with Crippen molar-refractivity contribution in [1.29, 1.82) is 0 Å². The van der Waals surface area contributed by atoms with Crippen molar-refractivity contribution < 1.29 is 0 Å². The summed E-state index contributed by atoms with van der Waals surface area (Å²) in [7, 11) is 1.97.